The van der Waals surface area contributed by atoms with E-state index in [2.05, 4.69) is 0 Å². The number of benzene rings is 1. The van der Waals surface area contributed by atoms with E-state index < -0.39 is 17.2 Å². The molecule has 1 aliphatic heterocycles. The van der Waals surface area contributed by atoms with Crippen molar-refractivity contribution >= 4 is 5.97 Å². The van der Waals surface area contributed by atoms with E-state index in [-0.39, 0.29) is 29.6 Å². The summed E-state index contributed by atoms with van der Waals surface area (Å²) < 4.78 is 5.28. The Balaban J connectivity index is 0.00000112. The maximum Gasteiger partial charge on any atom is 1.00 e. The van der Waals surface area contributed by atoms with Crippen LogP contribution in [-0.2, 0) is 15.1 Å². The fourth-order valence-electron chi connectivity index (χ4n) is 1.84. The number of rotatable bonds is 2. The van der Waals surface area contributed by atoms with Crippen molar-refractivity contribution in [3.63, 3.8) is 0 Å². The van der Waals surface area contributed by atoms with E-state index in [1.807, 2.05) is 6.07 Å². The van der Waals surface area contributed by atoms with Gasteiger partial charge in [-0.25, -0.2) is 0 Å². The Kier molecular flexibility index (Phi) is 3.31. The van der Waals surface area contributed by atoms with Gasteiger partial charge in [-0.15, -0.1) is 0 Å². The summed E-state index contributed by atoms with van der Waals surface area (Å²) in [6.07, 6.45) is 0. The van der Waals surface area contributed by atoms with Crippen LogP contribution in [0.4, 0.5) is 0 Å². The van der Waals surface area contributed by atoms with Gasteiger partial charge in [0, 0.05) is 0 Å². The van der Waals surface area contributed by atoms with E-state index in [1.54, 1.807) is 38.1 Å². The van der Waals surface area contributed by atoms with Crippen molar-refractivity contribution < 1.29 is 44.2 Å². The minimum Gasteiger partial charge on any atom is -0.546 e. The normalized spacial score (nSPS) is 26.5. The molecule has 0 aromatic heterocycles. The minimum atomic E-state index is -1.26. The van der Waals surface area contributed by atoms with Gasteiger partial charge in [0.25, 0.3) is 0 Å². The van der Waals surface area contributed by atoms with Crippen LogP contribution in [0.1, 0.15) is 19.4 Å². The van der Waals surface area contributed by atoms with E-state index in [9.17, 15) is 9.90 Å². The largest absolute Gasteiger partial charge is 1.00 e. The number of carbonyl (C=O) groups excluding carboxylic acids is 1. The summed E-state index contributed by atoms with van der Waals surface area (Å²) in [4.78, 5) is 11.1. The molecule has 1 fully saturated rings. The van der Waals surface area contributed by atoms with Crippen molar-refractivity contribution in [3.8, 4) is 0 Å². The summed E-state index contributed by atoms with van der Waals surface area (Å²) >= 11 is 0. The fourth-order valence-corrected chi connectivity index (χ4v) is 1.84. The molecular weight excluding hydrogens is 203 g/mol. The molecule has 0 saturated carbocycles. The molecule has 1 saturated heterocycles. The van der Waals surface area contributed by atoms with Crippen LogP contribution in [0, 0.1) is 0 Å². The minimum absolute atomic E-state index is 0. The standard InChI is InChI=1S/C11H12O3.Na/c1-10(2)11(14-10,9(12)13)8-6-4-3-5-7-8;/h3-7H,1-2H3,(H,12,13);/q;+1/p-1. The third kappa shape index (κ3) is 1.74. The summed E-state index contributed by atoms with van der Waals surface area (Å²) in [7, 11) is 0. The van der Waals surface area contributed by atoms with Crippen LogP contribution in [0.25, 0.3) is 0 Å². The molecule has 4 heteroatoms. The number of ether oxygens (including phenoxy) is 1. The molecule has 0 N–H and O–H groups in total. The van der Waals surface area contributed by atoms with Crippen LogP contribution < -0.4 is 34.7 Å². The number of aliphatic carboxylic acids is 1. The topological polar surface area (TPSA) is 52.7 Å². The van der Waals surface area contributed by atoms with Crippen molar-refractivity contribution in [2.45, 2.75) is 25.0 Å². The molecule has 0 bridgehead atoms. The predicted molar refractivity (Wildman–Crippen MR) is 48.3 cm³/mol. The third-order valence-corrected chi connectivity index (χ3v) is 2.68. The Bertz CT molecular complexity index is 375. The second-order valence-corrected chi connectivity index (χ2v) is 3.95. The van der Waals surface area contributed by atoms with Crippen molar-refractivity contribution in [2.24, 2.45) is 0 Å². The van der Waals surface area contributed by atoms with Crippen LogP contribution in [0.2, 0.25) is 0 Å². The summed E-state index contributed by atoms with van der Waals surface area (Å²) in [6.45, 7) is 3.49. The van der Waals surface area contributed by atoms with Crippen molar-refractivity contribution in [1.29, 1.82) is 0 Å². The molecule has 1 heterocycles. The van der Waals surface area contributed by atoms with Gasteiger partial charge in [-0.3, -0.25) is 0 Å². The van der Waals surface area contributed by atoms with E-state index in [0.717, 1.165) is 0 Å². The molecule has 1 unspecified atom stereocenters. The second-order valence-electron chi connectivity index (χ2n) is 3.95. The maximum absolute atomic E-state index is 11.1. The van der Waals surface area contributed by atoms with Crippen LogP contribution in [0.15, 0.2) is 30.3 Å². The van der Waals surface area contributed by atoms with E-state index >= 15 is 0 Å². The van der Waals surface area contributed by atoms with Gasteiger partial charge in [0.15, 0.2) is 5.60 Å². The predicted octanol–water partition coefficient (Wildman–Crippen LogP) is -2.56. The summed E-state index contributed by atoms with van der Waals surface area (Å²) in [5.41, 5.74) is -1.29. The van der Waals surface area contributed by atoms with Gasteiger partial charge in [-0.1, -0.05) is 30.3 Å². The SMILES string of the molecule is CC1(C)OC1(C(=O)[O-])c1ccccc1.[Na+]. The number of carbonyl (C=O) groups is 1. The van der Waals surface area contributed by atoms with Gasteiger partial charge in [-0.05, 0) is 19.4 Å². The number of epoxide rings is 1. The van der Waals surface area contributed by atoms with Gasteiger partial charge in [0.2, 0.25) is 0 Å². The van der Waals surface area contributed by atoms with Crippen LogP contribution in [0.3, 0.4) is 0 Å². The average Bonchev–Trinajstić information content (AvgIpc) is 2.72. The molecule has 15 heavy (non-hydrogen) atoms. The monoisotopic (exact) mass is 214 g/mol. The summed E-state index contributed by atoms with van der Waals surface area (Å²) in [5, 5.41) is 11.1. The maximum atomic E-state index is 11.1. The van der Waals surface area contributed by atoms with Crippen LogP contribution in [-0.4, -0.2) is 11.6 Å². The Morgan fingerprint density at radius 1 is 1.27 bits per heavy atom. The third-order valence-electron chi connectivity index (χ3n) is 2.68. The zero-order valence-electron chi connectivity index (χ0n) is 9.11. The van der Waals surface area contributed by atoms with Gasteiger partial charge >= 0.3 is 29.6 Å². The number of carboxylic acid groups (broad SMARTS) is 1. The van der Waals surface area contributed by atoms with Gasteiger partial charge in [0.1, 0.15) is 5.60 Å². The zero-order valence-corrected chi connectivity index (χ0v) is 11.1. The number of carboxylic acids is 1. The molecule has 3 nitrogen and oxygen atoms in total. The number of hydrogen-bond donors (Lipinski definition) is 0. The van der Waals surface area contributed by atoms with Crippen LogP contribution in [0.5, 0.6) is 0 Å². The van der Waals surface area contributed by atoms with E-state index in [1.165, 1.54) is 0 Å². The molecule has 0 amide bonds. The summed E-state index contributed by atoms with van der Waals surface area (Å²) in [5.74, 6) is -1.17. The van der Waals surface area contributed by atoms with Crippen molar-refractivity contribution in [3.05, 3.63) is 35.9 Å². The first-order chi connectivity index (χ1) is 6.51. The molecule has 74 valence electrons. The molecule has 2 rings (SSSR count). The Labute approximate surface area is 111 Å². The molecular formula is C11H11NaO3. The molecule has 1 aliphatic rings. The smallest absolute Gasteiger partial charge is 0.546 e. The molecule has 0 spiro atoms. The van der Waals surface area contributed by atoms with Gasteiger partial charge in [-0.2, -0.15) is 0 Å². The zero-order chi connectivity index (χ0) is 10.4. The van der Waals surface area contributed by atoms with Crippen molar-refractivity contribution in [1.82, 2.24) is 0 Å². The second kappa shape index (κ2) is 3.91. The molecule has 1 aromatic carbocycles. The van der Waals surface area contributed by atoms with Crippen molar-refractivity contribution in [2.75, 3.05) is 0 Å². The first-order valence-corrected chi connectivity index (χ1v) is 4.48. The Morgan fingerprint density at radius 2 is 1.73 bits per heavy atom. The Hall–Kier alpha value is -0.350. The molecule has 1 aromatic rings. The van der Waals surface area contributed by atoms with Gasteiger partial charge in [0.05, 0.1) is 5.97 Å². The summed E-state index contributed by atoms with van der Waals surface area (Å²) in [6, 6.07) is 8.90. The average molecular weight is 214 g/mol. The number of hydrogen-bond acceptors (Lipinski definition) is 3. The van der Waals surface area contributed by atoms with Gasteiger partial charge < -0.3 is 14.6 Å². The quantitative estimate of drug-likeness (QED) is 0.402. The van der Waals surface area contributed by atoms with E-state index in [4.69, 9.17) is 4.74 Å². The first-order valence-electron chi connectivity index (χ1n) is 4.48. The molecule has 1 atom stereocenters. The fraction of sp³-hybridized carbons (Fsp3) is 0.364. The van der Waals surface area contributed by atoms with E-state index in [0.29, 0.717) is 5.56 Å². The molecule has 0 aliphatic carbocycles. The Morgan fingerprint density at radius 3 is 2.07 bits per heavy atom. The van der Waals surface area contributed by atoms with Crippen LogP contribution >= 0.6 is 0 Å². The molecule has 0 radical (unpaired) electrons. The first kappa shape index (κ1) is 12.7.